The zero-order valence-electron chi connectivity index (χ0n) is 10.9. The van der Waals surface area contributed by atoms with Crippen LogP contribution in [0.25, 0.3) is 0 Å². The fourth-order valence-corrected chi connectivity index (χ4v) is 2.35. The Balaban J connectivity index is 2.44. The fraction of sp³-hybridized carbons (Fsp3) is 0.667. The molecule has 0 aliphatic rings. The number of rotatable bonds is 5. The van der Waals surface area contributed by atoms with E-state index in [9.17, 15) is 8.42 Å². The zero-order valence-corrected chi connectivity index (χ0v) is 11.7. The van der Waals surface area contributed by atoms with Crippen LogP contribution in [0.3, 0.4) is 0 Å². The molecule has 0 amide bonds. The number of sulfone groups is 1. The molecule has 98 valence electrons. The summed E-state index contributed by atoms with van der Waals surface area (Å²) < 4.78 is 28.3. The van der Waals surface area contributed by atoms with E-state index in [4.69, 9.17) is 4.42 Å². The van der Waals surface area contributed by atoms with Gasteiger partial charge in [0, 0.05) is 6.54 Å². The van der Waals surface area contributed by atoms with Gasteiger partial charge >= 0.3 is 0 Å². The second kappa shape index (κ2) is 5.23. The van der Waals surface area contributed by atoms with Crippen LogP contribution in [0.15, 0.2) is 22.8 Å². The van der Waals surface area contributed by atoms with Crippen LogP contribution in [-0.2, 0) is 9.84 Å². The number of hydrogen-bond acceptors (Lipinski definition) is 4. The Morgan fingerprint density at radius 1 is 1.41 bits per heavy atom. The van der Waals surface area contributed by atoms with Crippen molar-refractivity contribution in [3.8, 4) is 0 Å². The summed E-state index contributed by atoms with van der Waals surface area (Å²) >= 11 is 0. The van der Waals surface area contributed by atoms with Gasteiger partial charge in [0.05, 0.1) is 22.8 Å². The lowest BCUT2D eigenvalue weighted by molar-refractivity contribution is 0.436. The Morgan fingerprint density at radius 2 is 2.06 bits per heavy atom. The molecule has 4 nitrogen and oxygen atoms in total. The molecule has 1 aromatic heterocycles. The van der Waals surface area contributed by atoms with E-state index in [1.54, 1.807) is 27.0 Å². The van der Waals surface area contributed by atoms with Crippen LogP contribution >= 0.6 is 0 Å². The van der Waals surface area contributed by atoms with Crippen LogP contribution in [0, 0.1) is 0 Å². The minimum atomic E-state index is -3.06. The van der Waals surface area contributed by atoms with E-state index in [2.05, 4.69) is 5.32 Å². The lowest BCUT2D eigenvalue weighted by Gasteiger charge is -2.20. The molecule has 1 N–H and O–H groups in total. The first-order chi connectivity index (χ1) is 7.74. The average molecular weight is 259 g/mol. The topological polar surface area (TPSA) is 59.3 Å². The lowest BCUT2D eigenvalue weighted by Crippen LogP contribution is -2.35. The van der Waals surface area contributed by atoms with E-state index in [1.165, 1.54) is 0 Å². The van der Waals surface area contributed by atoms with Crippen LogP contribution in [0.2, 0.25) is 0 Å². The summed E-state index contributed by atoms with van der Waals surface area (Å²) in [6.07, 6.45) is 1.61. The molecule has 1 rings (SSSR count). The monoisotopic (exact) mass is 259 g/mol. The molecule has 1 unspecified atom stereocenters. The van der Waals surface area contributed by atoms with Crippen molar-refractivity contribution in [2.45, 2.75) is 38.5 Å². The average Bonchev–Trinajstić information content (AvgIpc) is 2.67. The third-order valence-electron chi connectivity index (χ3n) is 2.72. The summed E-state index contributed by atoms with van der Waals surface area (Å²) in [7, 11) is -3.06. The Bertz CT molecular complexity index is 429. The van der Waals surface area contributed by atoms with Gasteiger partial charge in [-0.05, 0) is 39.8 Å². The van der Waals surface area contributed by atoms with Gasteiger partial charge in [0.15, 0.2) is 9.84 Å². The molecule has 0 radical (unpaired) electrons. The maximum atomic E-state index is 11.9. The number of hydrogen-bond donors (Lipinski definition) is 1. The molecule has 0 aliphatic carbocycles. The number of furan rings is 1. The second-order valence-electron chi connectivity index (χ2n) is 5.12. The van der Waals surface area contributed by atoms with E-state index in [0.717, 1.165) is 5.76 Å². The summed E-state index contributed by atoms with van der Waals surface area (Å²) in [5, 5.41) is 3.14. The summed E-state index contributed by atoms with van der Waals surface area (Å²) in [5.41, 5.74) is 0. The standard InChI is InChI=1S/C12H21NO3S/c1-10(11-6-5-8-16-11)13-7-9-17(14,15)12(2,3)4/h5-6,8,10,13H,7,9H2,1-4H3. The Morgan fingerprint density at radius 3 is 2.53 bits per heavy atom. The normalized spacial score (nSPS) is 14.8. The molecule has 0 aromatic carbocycles. The van der Waals surface area contributed by atoms with Gasteiger partial charge in [0.25, 0.3) is 0 Å². The van der Waals surface area contributed by atoms with Gasteiger partial charge in [-0.25, -0.2) is 8.42 Å². The quantitative estimate of drug-likeness (QED) is 0.880. The second-order valence-corrected chi connectivity index (χ2v) is 7.98. The predicted octanol–water partition coefficient (Wildman–Crippen LogP) is 2.14. The van der Waals surface area contributed by atoms with Crippen LogP contribution in [0.1, 0.15) is 39.5 Å². The molecule has 0 spiro atoms. The van der Waals surface area contributed by atoms with Crippen molar-refractivity contribution in [1.29, 1.82) is 0 Å². The molecule has 0 bridgehead atoms. The SMILES string of the molecule is CC(NCCS(=O)(=O)C(C)(C)C)c1ccco1. The van der Waals surface area contributed by atoms with Gasteiger partial charge in [0.2, 0.25) is 0 Å². The molecule has 17 heavy (non-hydrogen) atoms. The summed E-state index contributed by atoms with van der Waals surface area (Å²) in [6.45, 7) is 7.54. The summed E-state index contributed by atoms with van der Waals surface area (Å²) in [5.74, 6) is 0.958. The van der Waals surface area contributed by atoms with Crippen molar-refractivity contribution < 1.29 is 12.8 Å². The van der Waals surface area contributed by atoms with E-state index in [0.29, 0.717) is 6.54 Å². The van der Waals surface area contributed by atoms with E-state index in [1.807, 2.05) is 19.1 Å². The van der Waals surface area contributed by atoms with Crippen LogP contribution < -0.4 is 5.32 Å². The minimum Gasteiger partial charge on any atom is -0.468 e. The van der Waals surface area contributed by atoms with Crippen LogP contribution in [0.5, 0.6) is 0 Å². The smallest absolute Gasteiger partial charge is 0.156 e. The Hall–Kier alpha value is -0.810. The van der Waals surface area contributed by atoms with Gasteiger partial charge in [-0.3, -0.25) is 0 Å². The highest BCUT2D eigenvalue weighted by molar-refractivity contribution is 7.92. The lowest BCUT2D eigenvalue weighted by atomic mass is 10.2. The van der Waals surface area contributed by atoms with E-state index >= 15 is 0 Å². The van der Waals surface area contributed by atoms with E-state index in [-0.39, 0.29) is 11.8 Å². The summed E-state index contributed by atoms with van der Waals surface area (Å²) in [4.78, 5) is 0. The number of nitrogens with one attached hydrogen (secondary N) is 1. The Labute approximate surface area is 103 Å². The highest BCUT2D eigenvalue weighted by Crippen LogP contribution is 2.16. The van der Waals surface area contributed by atoms with Crippen LogP contribution in [0.4, 0.5) is 0 Å². The minimum absolute atomic E-state index is 0.0279. The van der Waals surface area contributed by atoms with Gasteiger partial charge in [-0.15, -0.1) is 0 Å². The predicted molar refractivity (Wildman–Crippen MR) is 68.7 cm³/mol. The summed E-state index contributed by atoms with van der Waals surface area (Å²) in [6, 6.07) is 3.72. The molecular weight excluding hydrogens is 238 g/mol. The molecule has 0 aliphatic heterocycles. The highest BCUT2D eigenvalue weighted by Gasteiger charge is 2.28. The van der Waals surface area contributed by atoms with Gasteiger partial charge in [0.1, 0.15) is 5.76 Å². The molecule has 0 fully saturated rings. The van der Waals surface area contributed by atoms with Crippen molar-refractivity contribution >= 4 is 9.84 Å². The highest BCUT2D eigenvalue weighted by atomic mass is 32.2. The fourth-order valence-electron chi connectivity index (χ4n) is 1.35. The Kier molecular flexibility index (Phi) is 4.38. The molecule has 1 heterocycles. The van der Waals surface area contributed by atoms with Crippen molar-refractivity contribution in [2.24, 2.45) is 0 Å². The van der Waals surface area contributed by atoms with Crippen molar-refractivity contribution in [1.82, 2.24) is 5.32 Å². The first kappa shape index (κ1) is 14.3. The molecule has 5 heteroatoms. The third kappa shape index (κ3) is 3.85. The van der Waals surface area contributed by atoms with Crippen molar-refractivity contribution in [3.63, 3.8) is 0 Å². The molecule has 0 saturated carbocycles. The van der Waals surface area contributed by atoms with E-state index < -0.39 is 14.6 Å². The molecule has 1 atom stereocenters. The molecular formula is C12H21NO3S. The first-order valence-electron chi connectivity index (χ1n) is 5.73. The van der Waals surface area contributed by atoms with Gasteiger partial charge < -0.3 is 9.73 Å². The maximum absolute atomic E-state index is 11.9. The van der Waals surface area contributed by atoms with Gasteiger partial charge in [-0.2, -0.15) is 0 Å². The first-order valence-corrected chi connectivity index (χ1v) is 7.38. The molecule has 1 aromatic rings. The zero-order chi connectivity index (χ0) is 13.1. The molecule has 0 saturated heterocycles. The van der Waals surface area contributed by atoms with Crippen molar-refractivity contribution in [2.75, 3.05) is 12.3 Å². The van der Waals surface area contributed by atoms with Crippen molar-refractivity contribution in [3.05, 3.63) is 24.2 Å². The largest absolute Gasteiger partial charge is 0.468 e. The van der Waals surface area contributed by atoms with Crippen LogP contribution in [-0.4, -0.2) is 25.5 Å². The maximum Gasteiger partial charge on any atom is 0.156 e. The van der Waals surface area contributed by atoms with Gasteiger partial charge in [-0.1, -0.05) is 0 Å². The third-order valence-corrected chi connectivity index (χ3v) is 5.33.